The molecule has 0 atom stereocenters. The average Bonchev–Trinajstić information content (AvgIpc) is 2.30. The van der Waals surface area contributed by atoms with E-state index >= 15 is 0 Å². The Balaban J connectivity index is 2.73. The summed E-state index contributed by atoms with van der Waals surface area (Å²) in [6.07, 6.45) is 0.992. The fraction of sp³-hybridized carbons (Fsp3) is 0.154. The van der Waals surface area contributed by atoms with E-state index in [0.29, 0.717) is 0 Å². The summed E-state index contributed by atoms with van der Waals surface area (Å²) >= 11 is 3.44. The molecule has 2 aromatic rings. The van der Waals surface area contributed by atoms with Gasteiger partial charge in [0.25, 0.3) is 0 Å². The molecule has 0 saturated carbocycles. The fourth-order valence-electron chi connectivity index (χ4n) is 1.78. The third kappa shape index (κ3) is 1.88. The molecular formula is C13H10BrN. The van der Waals surface area contributed by atoms with E-state index in [0.717, 1.165) is 22.7 Å². The maximum atomic E-state index is 9.00. The summed E-state index contributed by atoms with van der Waals surface area (Å²) < 4.78 is 0. The van der Waals surface area contributed by atoms with E-state index in [1.54, 1.807) is 0 Å². The number of alkyl halides is 1. The van der Waals surface area contributed by atoms with Gasteiger partial charge < -0.3 is 0 Å². The van der Waals surface area contributed by atoms with Gasteiger partial charge in [0.1, 0.15) is 0 Å². The predicted molar refractivity (Wildman–Crippen MR) is 66.2 cm³/mol. The minimum atomic E-state index is 0.754. The fourth-order valence-corrected chi connectivity index (χ4v) is 2.21. The van der Waals surface area contributed by atoms with Crippen LogP contribution >= 0.6 is 15.9 Å². The van der Waals surface area contributed by atoms with Gasteiger partial charge in [0.15, 0.2) is 0 Å². The number of aryl methyl sites for hydroxylation is 1. The molecule has 0 spiro atoms. The van der Waals surface area contributed by atoms with Crippen LogP contribution < -0.4 is 0 Å². The first-order valence-electron chi connectivity index (χ1n) is 4.83. The van der Waals surface area contributed by atoms with E-state index in [2.05, 4.69) is 28.1 Å². The first kappa shape index (κ1) is 10.2. The maximum absolute atomic E-state index is 9.00. The Hall–Kier alpha value is -1.33. The van der Waals surface area contributed by atoms with Crippen LogP contribution in [0.2, 0.25) is 0 Å². The lowest BCUT2D eigenvalue weighted by Crippen LogP contribution is -1.90. The Bertz CT molecular complexity index is 526. The zero-order valence-electron chi connectivity index (χ0n) is 8.20. The van der Waals surface area contributed by atoms with Crippen LogP contribution in [-0.2, 0) is 6.42 Å². The topological polar surface area (TPSA) is 23.8 Å². The highest BCUT2D eigenvalue weighted by Crippen LogP contribution is 2.23. The van der Waals surface area contributed by atoms with Crippen LogP contribution in [0.3, 0.4) is 0 Å². The summed E-state index contributed by atoms with van der Waals surface area (Å²) in [4.78, 5) is 0. The van der Waals surface area contributed by atoms with Crippen LogP contribution in [0.15, 0.2) is 36.4 Å². The number of rotatable bonds is 2. The first-order valence-corrected chi connectivity index (χ1v) is 5.95. The number of hydrogen-bond acceptors (Lipinski definition) is 1. The number of benzene rings is 2. The Kier molecular flexibility index (Phi) is 3.03. The van der Waals surface area contributed by atoms with Gasteiger partial charge >= 0.3 is 0 Å². The molecule has 0 heterocycles. The minimum Gasteiger partial charge on any atom is -0.192 e. The van der Waals surface area contributed by atoms with Crippen LogP contribution in [0.5, 0.6) is 0 Å². The van der Waals surface area contributed by atoms with Crippen LogP contribution in [-0.4, -0.2) is 5.33 Å². The van der Waals surface area contributed by atoms with Crippen molar-refractivity contribution in [3.63, 3.8) is 0 Å². The van der Waals surface area contributed by atoms with Crippen LogP contribution in [0.1, 0.15) is 11.1 Å². The van der Waals surface area contributed by atoms with E-state index in [-0.39, 0.29) is 0 Å². The Morgan fingerprint density at radius 1 is 1.07 bits per heavy atom. The highest BCUT2D eigenvalue weighted by molar-refractivity contribution is 9.09. The van der Waals surface area contributed by atoms with Gasteiger partial charge in [0, 0.05) is 5.33 Å². The van der Waals surface area contributed by atoms with Gasteiger partial charge in [-0.1, -0.05) is 46.3 Å². The van der Waals surface area contributed by atoms with Crippen molar-refractivity contribution in [2.24, 2.45) is 0 Å². The van der Waals surface area contributed by atoms with Crippen molar-refractivity contribution in [2.75, 3.05) is 5.33 Å². The lowest BCUT2D eigenvalue weighted by Gasteiger charge is -2.05. The summed E-state index contributed by atoms with van der Waals surface area (Å²) in [6.45, 7) is 0. The predicted octanol–water partition coefficient (Wildman–Crippen LogP) is 3.65. The van der Waals surface area contributed by atoms with E-state index in [1.807, 2.05) is 30.3 Å². The minimum absolute atomic E-state index is 0.754. The lowest BCUT2D eigenvalue weighted by molar-refractivity contribution is 1.19. The highest BCUT2D eigenvalue weighted by Gasteiger charge is 2.03. The molecule has 2 rings (SSSR count). The van der Waals surface area contributed by atoms with Crippen molar-refractivity contribution >= 4 is 26.7 Å². The highest BCUT2D eigenvalue weighted by atomic mass is 79.9. The molecule has 0 bridgehead atoms. The molecule has 0 saturated heterocycles. The van der Waals surface area contributed by atoms with E-state index in [9.17, 15) is 0 Å². The third-order valence-corrected chi connectivity index (χ3v) is 2.90. The van der Waals surface area contributed by atoms with Gasteiger partial charge in [0.2, 0.25) is 0 Å². The summed E-state index contributed by atoms with van der Waals surface area (Å²) in [5.41, 5.74) is 2.05. The molecule has 0 amide bonds. The second-order valence-corrected chi connectivity index (χ2v) is 4.16. The zero-order valence-corrected chi connectivity index (χ0v) is 9.79. The molecule has 0 unspecified atom stereocenters. The molecule has 1 nitrogen and oxygen atoms in total. The number of halogens is 1. The molecule has 0 N–H and O–H groups in total. The largest absolute Gasteiger partial charge is 0.192 e. The van der Waals surface area contributed by atoms with Crippen molar-refractivity contribution in [1.82, 2.24) is 0 Å². The summed E-state index contributed by atoms with van der Waals surface area (Å²) in [5, 5.41) is 12.2. The lowest BCUT2D eigenvalue weighted by atomic mass is 9.99. The normalized spacial score (nSPS) is 10.1. The molecule has 15 heavy (non-hydrogen) atoms. The van der Waals surface area contributed by atoms with Gasteiger partial charge in [-0.3, -0.25) is 0 Å². The van der Waals surface area contributed by atoms with Gasteiger partial charge in [-0.15, -0.1) is 0 Å². The van der Waals surface area contributed by atoms with Crippen molar-refractivity contribution in [3.8, 4) is 6.07 Å². The van der Waals surface area contributed by atoms with Gasteiger partial charge in [-0.05, 0) is 28.8 Å². The van der Waals surface area contributed by atoms with Crippen LogP contribution in [0.25, 0.3) is 10.8 Å². The monoisotopic (exact) mass is 259 g/mol. The van der Waals surface area contributed by atoms with Gasteiger partial charge in [-0.25, -0.2) is 0 Å². The molecule has 0 aliphatic carbocycles. The standard InChI is InChI=1S/C13H10BrN/c14-8-7-10-5-6-11(9-15)13-4-2-1-3-12(10)13/h1-6H,7-8H2. The summed E-state index contributed by atoms with van der Waals surface area (Å²) in [7, 11) is 0. The Morgan fingerprint density at radius 2 is 1.80 bits per heavy atom. The summed E-state index contributed by atoms with van der Waals surface area (Å²) in [5.74, 6) is 0. The van der Waals surface area contributed by atoms with E-state index in [1.165, 1.54) is 10.9 Å². The van der Waals surface area contributed by atoms with Crippen molar-refractivity contribution in [1.29, 1.82) is 5.26 Å². The van der Waals surface area contributed by atoms with Crippen molar-refractivity contribution in [3.05, 3.63) is 47.5 Å². The number of nitrogens with zero attached hydrogens (tertiary/aromatic N) is 1. The van der Waals surface area contributed by atoms with Crippen LogP contribution in [0.4, 0.5) is 0 Å². The SMILES string of the molecule is N#Cc1ccc(CCBr)c2ccccc12. The van der Waals surface area contributed by atoms with Crippen molar-refractivity contribution < 1.29 is 0 Å². The zero-order chi connectivity index (χ0) is 10.7. The molecule has 2 heteroatoms. The second kappa shape index (κ2) is 4.46. The van der Waals surface area contributed by atoms with Gasteiger partial charge in [-0.2, -0.15) is 5.26 Å². The molecule has 0 aliphatic rings. The van der Waals surface area contributed by atoms with Gasteiger partial charge in [0.05, 0.1) is 11.6 Å². The average molecular weight is 260 g/mol. The molecule has 0 aromatic heterocycles. The smallest absolute Gasteiger partial charge is 0.0998 e. The molecule has 0 fully saturated rings. The molecule has 74 valence electrons. The number of fused-ring (bicyclic) bond motifs is 1. The Morgan fingerprint density at radius 3 is 2.47 bits per heavy atom. The van der Waals surface area contributed by atoms with Crippen molar-refractivity contribution in [2.45, 2.75) is 6.42 Å². The van der Waals surface area contributed by atoms with E-state index < -0.39 is 0 Å². The quantitative estimate of drug-likeness (QED) is 0.756. The molecule has 0 aliphatic heterocycles. The molecular weight excluding hydrogens is 250 g/mol. The number of nitriles is 1. The maximum Gasteiger partial charge on any atom is 0.0998 e. The third-order valence-electron chi connectivity index (χ3n) is 2.50. The Labute approximate surface area is 97.5 Å². The van der Waals surface area contributed by atoms with E-state index in [4.69, 9.17) is 5.26 Å². The molecule has 2 aromatic carbocycles. The van der Waals surface area contributed by atoms with Crippen LogP contribution in [0, 0.1) is 11.3 Å². The number of hydrogen-bond donors (Lipinski definition) is 0. The second-order valence-electron chi connectivity index (χ2n) is 3.37. The summed E-state index contributed by atoms with van der Waals surface area (Å²) in [6, 6.07) is 14.2. The molecule has 0 radical (unpaired) electrons. The first-order chi connectivity index (χ1) is 7.36.